The minimum atomic E-state index is -0.305. The highest BCUT2D eigenvalue weighted by Crippen LogP contribution is 2.31. The third-order valence-corrected chi connectivity index (χ3v) is 4.90. The average molecular weight is 403 g/mol. The Morgan fingerprint density at radius 2 is 1.42 bits per heavy atom. The van der Waals surface area contributed by atoms with Gasteiger partial charge in [0.05, 0.1) is 15.7 Å². The highest BCUT2D eigenvalue weighted by Gasteiger charge is 2.15. The summed E-state index contributed by atoms with van der Waals surface area (Å²) in [7, 11) is 0. The summed E-state index contributed by atoms with van der Waals surface area (Å²) in [5, 5.41) is 4.06. The van der Waals surface area contributed by atoms with E-state index in [0.29, 0.717) is 26.3 Å². The fourth-order valence-electron chi connectivity index (χ4n) is 2.44. The number of hydrogen-bond donors (Lipinski definition) is 1. The van der Waals surface area contributed by atoms with Gasteiger partial charge in [0.25, 0.3) is 5.91 Å². The largest absolute Gasteiger partial charge is 0.321 e. The molecule has 0 aromatic heterocycles. The normalized spacial score (nSPS) is 11.3. The fraction of sp³-hybridized carbons (Fsp3) is 0. The van der Waals surface area contributed by atoms with E-state index in [1.54, 1.807) is 30.3 Å². The van der Waals surface area contributed by atoms with Gasteiger partial charge in [-0.05, 0) is 35.4 Å². The lowest BCUT2D eigenvalue weighted by Crippen LogP contribution is -2.14. The van der Waals surface area contributed by atoms with Gasteiger partial charge in [0, 0.05) is 10.6 Å². The van der Waals surface area contributed by atoms with E-state index in [9.17, 15) is 4.79 Å². The summed E-state index contributed by atoms with van der Waals surface area (Å²) >= 11 is 18.5. The fourth-order valence-corrected chi connectivity index (χ4v) is 2.97. The molecule has 0 saturated carbocycles. The summed E-state index contributed by atoms with van der Waals surface area (Å²) in [5.74, 6) is -0.305. The first-order valence-electron chi connectivity index (χ1n) is 7.83. The molecule has 3 rings (SSSR count). The molecule has 0 aliphatic carbocycles. The van der Waals surface area contributed by atoms with Crippen LogP contribution >= 0.6 is 34.8 Å². The van der Waals surface area contributed by atoms with Gasteiger partial charge in [0.1, 0.15) is 0 Å². The van der Waals surface area contributed by atoms with Crippen LogP contribution in [0.15, 0.2) is 72.8 Å². The minimum Gasteiger partial charge on any atom is -0.321 e. The maximum absolute atomic E-state index is 13.0. The summed E-state index contributed by atoms with van der Waals surface area (Å²) < 4.78 is 0. The first kappa shape index (κ1) is 18.5. The van der Waals surface area contributed by atoms with Crippen LogP contribution in [-0.4, -0.2) is 5.91 Å². The molecule has 0 atom stereocenters. The average Bonchev–Trinajstić information content (AvgIpc) is 2.65. The van der Waals surface area contributed by atoms with Gasteiger partial charge in [-0.25, -0.2) is 0 Å². The topological polar surface area (TPSA) is 29.1 Å². The first-order valence-corrected chi connectivity index (χ1v) is 8.96. The van der Waals surface area contributed by atoms with Crippen LogP contribution in [0, 0.1) is 0 Å². The van der Waals surface area contributed by atoms with Crippen molar-refractivity contribution in [3.05, 3.63) is 99.0 Å². The molecule has 0 aliphatic heterocycles. The molecule has 0 saturated heterocycles. The number of anilines is 1. The number of halogens is 3. The number of hydrogen-bond acceptors (Lipinski definition) is 1. The monoisotopic (exact) mass is 401 g/mol. The van der Waals surface area contributed by atoms with Gasteiger partial charge in [0.2, 0.25) is 0 Å². The van der Waals surface area contributed by atoms with E-state index in [4.69, 9.17) is 34.8 Å². The molecule has 26 heavy (non-hydrogen) atoms. The van der Waals surface area contributed by atoms with Crippen molar-refractivity contribution < 1.29 is 4.79 Å². The molecule has 0 radical (unpaired) electrons. The maximum atomic E-state index is 13.0. The van der Waals surface area contributed by atoms with Crippen LogP contribution in [0.3, 0.4) is 0 Å². The molecule has 3 aromatic carbocycles. The second-order valence-corrected chi connectivity index (χ2v) is 6.69. The summed E-state index contributed by atoms with van der Waals surface area (Å²) in [6.07, 6.45) is 1.76. The maximum Gasteiger partial charge on any atom is 0.256 e. The van der Waals surface area contributed by atoms with Crippen molar-refractivity contribution in [2.75, 3.05) is 5.32 Å². The van der Waals surface area contributed by atoms with E-state index in [1.165, 1.54) is 0 Å². The van der Waals surface area contributed by atoms with Crippen molar-refractivity contribution in [3.8, 4) is 0 Å². The Balaban J connectivity index is 2.02. The smallest absolute Gasteiger partial charge is 0.256 e. The van der Waals surface area contributed by atoms with Crippen molar-refractivity contribution in [1.29, 1.82) is 0 Å². The molecule has 0 aliphatic rings. The van der Waals surface area contributed by atoms with E-state index in [0.717, 1.165) is 11.1 Å². The predicted octanol–water partition coefficient (Wildman–Crippen LogP) is 6.83. The lowest BCUT2D eigenvalue weighted by Gasteiger charge is -2.12. The molecule has 1 amide bonds. The molecular formula is C21H14Cl3NO. The SMILES string of the molecule is O=C(Nc1cccc(Cl)c1Cl)/C(=C/c1ccccc1Cl)c1ccccc1. The highest BCUT2D eigenvalue weighted by atomic mass is 35.5. The van der Waals surface area contributed by atoms with Crippen LogP contribution in [-0.2, 0) is 4.79 Å². The van der Waals surface area contributed by atoms with Crippen molar-refractivity contribution in [2.24, 2.45) is 0 Å². The summed E-state index contributed by atoms with van der Waals surface area (Å²) in [6, 6.07) is 21.8. The van der Waals surface area contributed by atoms with E-state index in [2.05, 4.69) is 5.32 Å². The number of amides is 1. The molecule has 0 bridgehead atoms. The Labute approximate surface area is 167 Å². The molecule has 5 heteroatoms. The molecule has 0 spiro atoms. The van der Waals surface area contributed by atoms with Crippen LogP contribution in [0.1, 0.15) is 11.1 Å². The third-order valence-electron chi connectivity index (χ3n) is 3.73. The lowest BCUT2D eigenvalue weighted by atomic mass is 10.0. The van der Waals surface area contributed by atoms with E-state index in [-0.39, 0.29) is 5.91 Å². The lowest BCUT2D eigenvalue weighted by molar-refractivity contribution is -0.111. The van der Waals surface area contributed by atoms with Crippen molar-refractivity contribution in [1.82, 2.24) is 0 Å². The quantitative estimate of drug-likeness (QED) is 0.376. The van der Waals surface area contributed by atoms with Crippen LogP contribution in [0.25, 0.3) is 11.6 Å². The molecular weight excluding hydrogens is 389 g/mol. The zero-order valence-corrected chi connectivity index (χ0v) is 15.8. The standard InChI is InChI=1S/C21H14Cl3NO/c22-17-10-5-4-9-15(17)13-16(14-7-2-1-3-8-14)21(26)25-19-12-6-11-18(23)20(19)24/h1-13H,(H,25,26)/b16-13+. The molecule has 0 fully saturated rings. The molecule has 1 N–H and O–H groups in total. The number of nitrogens with one attached hydrogen (secondary N) is 1. The number of carbonyl (C=O) groups is 1. The summed E-state index contributed by atoms with van der Waals surface area (Å²) in [6.45, 7) is 0. The van der Waals surface area contributed by atoms with E-state index >= 15 is 0 Å². The second kappa shape index (κ2) is 8.41. The third kappa shape index (κ3) is 4.28. The van der Waals surface area contributed by atoms with Gasteiger partial charge in [-0.1, -0.05) is 89.4 Å². The Kier molecular flexibility index (Phi) is 6.00. The van der Waals surface area contributed by atoms with Crippen molar-refractivity contribution in [2.45, 2.75) is 0 Å². The van der Waals surface area contributed by atoms with Crippen LogP contribution in [0.4, 0.5) is 5.69 Å². The summed E-state index contributed by atoms with van der Waals surface area (Å²) in [5.41, 5.74) is 2.43. The zero-order valence-electron chi connectivity index (χ0n) is 13.5. The first-order chi connectivity index (χ1) is 12.6. The predicted molar refractivity (Wildman–Crippen MR) is 111 cm³/mol. The van der Waals surface area contributed by atoms with E-state index in [1.807, 2.05) is 48.5 Å². The Hall–Kier alpha value is -2.26. The van der Waals surface area contributed by atoms with Crippen molar-refractivity contribution >= 4 is 58.0 Å². The number of carbonyl (C=O) groups excluding carboxylic acids is 1. The molecule has 2 nitrogen and oxygen atoms in total. The summed E-state index contributed by atoms with van der Waals surface area (Å²) in [4.78, 5) is 13.0. The van der Waals surface area contributed by atoms with Crippen LogP contribution < -0.4 is 5.32 Å². The molecule has 0 heterocycles. The zero-order chi connectivity index (χ0) is 18.5. The van der Waals surface area contributed by atoms with Gasteiger partial charge in [-0.3, -0.25) is 4.79 Å². The van der Waals surface area contributed by atoms with Crippen LogP contribution in [0.5, 0.6) is 0 Å². The van der Waals surface area contributed by atoms with E-state index < -0.39 is 0 Å². The van der Waals surface area contributed by atoms with Gasteiger partial charge < -0.3 is 5.32 Å². The minimum absolute atomic E-state index is 0.299. The van der Waals surface area contributed by atoms with Crippen LogP contribution in [0.2, 0.25) is 15.1 Å². The molecule has 3 aromatic rings. The van der Waals surface area contributed by atoms with Gasteiger partial charge in [-0.15, -0.1) is 0 Å². The Bertz CT molecular complexity index is 968. The van der Waals surface area contributed by atoms with Gasteiger partial charge in [0.15, 0.2) is 0 Å². The number of rotatable bonds is 4. The molecule has 0 unspecified atom stereocenters. The molecule has 130 valence electrons. The highest BCUT2D eigenvalue weighted by molar-refractivity contribution is 6.44. The van der Waals surface area contributed by atoms with Gasteiger partial charge >= 0.3 is 0 Å². The van der Waals surface area contributed by atoms with Crippen molar-refractivity contribution in [3.63, 3.8) is 0 Å². The Morgan fingerprint density at radius 3 is 2.15 bits per heavy atom. The second-order valence-electron chi connectivity index (χ2n) is 5.50. The Morgan fingerprint density at radius 1 is 0.769 bits per heavy atom. The number of benzene rings is 3. The van der Waals surface area contributed by atoms with Gasteiger partial charge in [-0.2, -0.15) is 0 Å².